The van der Waals surface area contributed by atoms with E-state index in [0.717, 1.165) is 0 Å². The van der Waals surface area contributed by atoms with Crippen molar-refractivity contribution in [1.29, 1.82) is 5.26 Å². The first kappa shape index (κ1) is 17.2. The highest BCUT2D eigenvalue weighted by molar-refractivity contribution is 6.09. The van der Waals surface area contributed by atoms with Crippen molar-refractivity contribution in [2.24, 2.45) is 0 Å². The minimum absolute atomic E-state index is 0.115. The lowest BCUT2D eigenvalue weighted by Crippen LogP contribution is -2.20. The van der Waals surface area contributed by atoms with E-state index in [-0.39, 0.29) is 16.8 Å². The smallest absolute Gasteiger partial charge is 0.339 e. The van der Waals surface area contributed by atoms with Crippen molar-refractivity contribution in [3.8, 4) is 6.07 Å². The van der Waals surface area contributed by atoms with Gasteiger partial charge in [0.05, 0.1) is 25.0 Å². The molecule has 0 aromatic heterocycles. The van der Waals surface area contributed by atoms with Crippen LogP contribution in [0.15, 0.2) is 36.0 Å². The molecule has 0 fully saturated rings. The topological polar surface area (TPSA) is 100 Å². The Morgan fingerprint density at radius 2 is 2.05 bits per heavy atom. The lowest BCUT2D eigenvalue weighted by molar-refractivity contribution is -0.112. The Hall–Kier alpha value is -2.85. The number of hydrogen-bond acceptors (Lipinski definition) is 6. The molecule has 0 radical (unpaired) electrons. The van der Waals surface area contributed by atoms with Crippen molar-refractivity contribution in [2.45, 2.75) is 0 Å². The molecule has 0 saturated carbocycles. The number of nitrogens with zero attached hydrogens (tertiary/aromatic N) is 1. The van der Waals surface area contributed by atoms with E-state index in [1.165, 1.54) is 19.4 Å². The number of para-hydroxylation sites is 1. The Labute approximate surface area is 128 Å². The van der Waals surface area contributed by atoms with E-state index in [4.69, 9.17) is 10.00 Å². The normalized spacial score (nSPS) is 10.5. The van der Waals surface area contributed by atoms with Gasteiger partial charge in [-0.25, -0.2) is 4.79 Å². The number of nitriles is 1. The summed E-state index contributed by atoms with van der Waals surface area (Å²) in [5.74, 6) is -1.19. The van der Waals surface area contributed by atoms with Crippen molar-refractivity contribution in [3.63, 3.8) is 0 Å². The average Bonchev–Trinajstić information content (AvgIpc) is 2.54. The lowest BCUT2D eigenvalue weighted by Gasteiger charge is -2.09. The molecule has 22 heavy (non-hydrogen) atoms. The van der Waals surface area contributed by atoms with Gasteiger partial charge < -0.3 is 20.1 Å². The third-order valence-electron chi connectivity index (χ3n) is 2.64. The highest BCUT2D eigenvalue weighted by Gasteiger charge is 2.15. The van der Waals surface area contributed by atoms with Gasteiger partial charge in [-0.2, -0.15) is 5.26 Å². The fraction of sp³-hybridized carbons (Fsp3) is 0.267. The molecule has 7 heteroatoms. The molecule has 0 aliphatic carbocycles. The van der Waals surface area contributed by atoms with Gasteiger partial charge in [0.15, 0.2) is 0 Å². The maximum atomic E-state index is 12.0. The van der Waals surface area contributed by atoms with E-state index in [2.05, 4.69) is 15.4 Å². The third-order valence-corrected chi connectivity index (χ3v) is 2.64. The van der Waals surface area contributed by atoms with Crippen LogP contribution in [0.1, 0.15) is 10.4 Å². The molecule has 0 atom stereocenters. The predicted octanol–water partition coefficient (Wildman–Crippen LogP) is 1.06. The van der Waals surface area contributed by atoms with Crippen molar-refractivity contribution in [2.75, 3.05) is 32.7 Å². The van der Waals surface area contributed by atoms with Gasteiger partial charge in [0.25, 0.3) is 5.91 Å². The maximum absolute atomic E-state index is 12.0. The zero-order valence-electron chi connectivity index (χ0n) is 12.4. The summed E-state index contributed by atoms with van der Waals surface area (Å²) in [4.78, 5) is 23.7. The van der Waals surface area contributed by atoms with Gasteiger partial charge in [0, 0.05) is 19.9 Å². The standard InChI is InChI=1S/C15H17N3O4/c1-21-8-7-17-10-11(9-16)14(19)18-13-6-4-3-5-12(13)15(20)22-2/h3-6,10,17H,7-8H2,1-2H3,(H,18,19)/b11-10-. The zero-order valence-corrected chi connectivity index (χ0v) is 12.4. The van der Waals surface area contributed by atoms with Crippen LogP contribution in [0.25, 0.3) is 0 Å². The summed E-state index contributed by atoms with van der Waals surface area (Å²) < 4.78 is 9.48. The molecular weight excluding hydrogens is 286 g/mol. The molecular formula is C15H17N3O4. The monoisotopic (exact) mass is 303 g/mol. The molecule has 7 nitrogen and oxygen atoms in total. The number of nitrogens with one attached hydrogen (secondary N) is 2. The molecule has 0 spiro atoms. The summed E-state index contributed by atoms with van der Waals surface area (Å²) in [7, 11) is 2.80. The van der Waals surface area contributed by atoms with E-state index >= 15 is 0 Å². The summed E-state index contributed by atoms with van der Waals surface area (Å²) in [6.07, 6.45) is 1.30. The summed E-state index contributed by atoms with van der Waals surface area (Å²) in [6.45, 7) is 0.912. The van der Waals surface area contributed by atoms with Gasteiger partial charge in [0.2, 0.25) is 0 Å². The maximum Gasteiger partial charge on any atom is 0.339 e. The molecule has 1 aromatic rings. The first-order valence-electron chi connectivity index (χ1n) is 6.45. The van der Waals surface area contributed by atoms with E-state index < -0.39 is 11.9 Å². The molecule has 0 heterocycles. The Morgan fingerprint density at radius 1 is 1.32 bits per heavy atom. The van der Waals surface area contributed by atoms with Crippen molar-refractivity contribution < 1.29 is 19.1 Å². The zero-order chi connectivity index (χ0) is 16.4. The molecule has 116 valence electrons. The fourth-order valence-electron chi connectivity index (χ4n) is 1.55. The number of rotatable bonds is 7. The second-order valence-electron chi connectivity index (χ2n) is 4.11. The van der Waals surface area contributed by atoms with Gasteiger partial charge in [-0.05, 0) is 12.1 Å². The van der Waals surface area contributed by atoms with Crippen LogP contribution < -0.4 is 10.6 Å². The van der Waals surface area contributed by atoms with Crippen LogP contribution in [0.4, 0.5) is 5.69 Å². The highest BCUT2D eigenvalue weighted by atomic mass is 16.5. The molecule has 0 aliphatic heterocycles. The molecule has 2 N–H and O–H groups in total. The van der Waals surface area contributed by atoms with Crippen LogP contribution in [0, 0.1) is 11.3 Å². The van der Waals surface area contributed by atoms with Gasteiger partial charge in [-0.3, -0.25) is 4.79 Å². The van der Waals surface area contributed by atoms with E-state index in [1.807, 2.05) is 0 Å². The Kier molecular flexibility index (Phi) is 7.16. The van der Waals surface area contributed by atoms with Gasteiger partial charge in [-0.1, -0.05) is 12.1 Å². The quantitative estimate of drug-likeness (QED) is 0.338. The number of ether oxygens (including phenoxy) is 2. The fourth-order valence-corrected chi connectivity index (χ4v) is 1.55. The minimum Gasteiger partial charge on any atom is -0.465 e. The summed E-state index contributed by atoms with van der Waals surface area (Å²) in [5.41, 5.74) is 0.371. The number of hydrogen-bond donors (Lipinski definition) is 2. The number of esters is 1. The number of carbonyl (C=O) groups excluding carboxylic acids is 2. The molecule has 1 rings (SSSR count). The Bertz CT molecular complexity index is 605. The number of methoxy groups -OCH3 is 2. The predicted molar refractivity (Wildman–Crippen MR) is 80.0 cm³/mol. The summed E-state index contributed by atoms with van der Waals surface area (Å²) in [5, 5.41) is 14.3. The second kappa shape index (κ2) is 9.15. The highest BCUT2D eigenvalue weighted by Crippen LogP contribution is 2.16. The molecule has 0 aliphatic rings. The van der Waals surface area contributed by atoms with E-state index in [1.54, 1.807) is 31.4 Å². The lowest BCUT2D eigenvalue weighted by atomic mass is 10.1. The minimum atomic E-state index is -0.622. The molecule has 0 bridgehead atoms. The van der Waals surface area contributed by atoms with E-state index in [0.29, 0.717) is 13.2 Å². The Morgan fingerprint density at radius 3 is 2.68 bits per heavy atom. The van der Waals surface area contributed by atoms with Gasteiger partial charge in [-0.15, -0.1) is 0 Å². The average molecular weight is 303 g/mol. The summed E-state index contributed by atoms with van der Waals surface area (Å²) in [6, 6.07) is 8.18. The number of benzene rings is 1. The molecule has 1 aromatic carbocycles. The van der Waals surface area contributed by atoms with Crippen molar-refractivity contribution in [3.05, 3.63) is 41.6 Å². The molecule has 0 unspecified atom stereocenters. The molecule has 1 amide bonds. The molecule has 0 saturated heterocycles. The Balaban J connectivity index is 2.83. The largest absolute Gasteiger partial charge is 0.465 e. The van der Waals surface area contributed by atoms with Crippen LogP contribution in [0.3, 0.4) is 0 Å². The number of amides is 1. The van der Waals surface area contributed by atoms with Crippen LogP contribution in [-0.2, 0) is 14.3 Å². The first-order chi connectivity index (χ1) is 10.6. The first-order valence-corrected chi connectivity index (χ1v) is 6.45. The van der Waals surface area contributed by atoms with Gasteiger partial charge >= 0.3 is 5.97 Å². The van der Waals surface area contributed by atoms with Crippen LogP contribution in [0.5, 0.6) is 0 Å². The van der Waals surface area contributed by atoms with Crippen LogP contribution in [0.2, 0.25) is 0 Å². The number of carbonyl (C=O) groups is 2. The van der Waals surface area contributed by atoms with E-state index in [9.17, 15) is 9.59 Å². The van der Waals surface area contributed by atoms with Crippen molar-refractivity contribution >= 4 is 17.6 Å². The summed E-state index contributed by atoms with van der Waals surface area (Å²) >= 11 is 0. The second-order valence-corrected chi connectivity index (χ2v) is 4.11. The van der Waals surface area contributed by atoms with Gasteiger partial charge in [0.1, 0.15) is 11.6 Å². The van der Waals surface area contributed by atoms with Crippen molar-refractivity contribution in [1.82, 2.24) is 5.32 Å². The van der Waals surface area contributed by atoms with Crippen LogP contribution in [-0.4, -0.2) is 39.2 Å². The number of anilines is 1. The SMILES string of the molecule is COCCN/C=C(/C#N)C(=O)Nc1ccccc1C(=O)OC. The third kappa shape index (κ3) is 4.92. The van der Waals surface area contributed by atoms with Crippen LogP contribution >= 0.6 is 0 Å².